The molecule has 1 unspecified atom stereocenters. The normalized spacial score (nSPS) is 16.9. The zero-order valence-electron chi connectivity index (χ0n) is 14.9. The van der Waals surface area contributed by atoms with E-state index >= 15 is 0 Å². The van der Waals surface area contributed by atoms with Crippen LogP contribution in [-0.4, -0.2) is 37.1 Å². The molecule has 1 aliphatic heterocycles. The van der Waals surface area contributed by atoms with Gasteiger partial charge in [-0.15, -0.1) is 11.8 Å². The van der Waals surface area contributed by atoms with Gasteiger partial charge in [0.2, 0.25) is 27.7 Å². The van der Waals surface area contributed by atoms with E-state index in [9.17, 15) is 22.8 Å². The molecule has 0 aliphatic carbocycles. The lowest BCUT2D eigenvalue weighted by molar-refractivity contribution is -0.121. The minimum Gasteiger partial charge on any atom is -0.325 e. The van der Waals surface area contributed by atoms with E-state index in [1.165, 1.54) is 24.3 Å². The van der Waals surface area contributed by atoms with Crippen molar-refractivity contribution in [2.75, 3.05) is 16.0 Å². The van der Waals surface area contributed by atoms with Gasteiger partial charge in [0.05, 0.1) is 21.6 Å². The Morgan fingerprint density at radius 1 is 1.14 bits per heavy atom. The second-order valence-corrected chi connectivity index (χ2v) is 9.35. The molecule has 3 N–H and O–H groups in total. The van der Waals surface area contributed by atoms with Crippen molar-refractivity contribution in [3.8, 4) is 0 Å². The van der Waals surface area contributed by atoms with Crippen molar-refractivity contribution in [1.29, 1.82) is 0 Å². The molecule has 0 bridgehead atoms. The fourth-order valence-electron chi connectivity index (χ4n) is 2.70. The maximum atomic E-state index is 12.6. The molecule has 1 heterocycles. The number of thioether (sulfide) groups is 1. The number of hydrogen-bond acceptors (Lipinski definition) is 6. The van der Waals surface area contributed by atoms with Crippen LogP contribution in [0.15, 0.2) is 53.4 Å². The van der Waals surface area contributed by atoms with Gasteiger partial charge in [-0.1, -0.05) is 11.6 Å². The average molecular weight is 454 g/mol. The lowest BCUT2D eigenvalue weighted by atomic mass is 10.3. The second-order valence-electron chi connectivity index (χ2n) is 6.17. The summed E-state index contributed by atoms with van der Waals surface area (Å²) in [5.41, 5.74) is 0.825. The summed E-state index contributed by atoms with van der Waals surface area (Å²) in [6.07, 6.45) is 0.00244. The molecule has 8 nitrogen and oxygen atoms in total. The molecule has 0 radical (unpaired) electrons. The molecular formula is C18H16ClN3O5S2. The van der Waals surface area contributed by atoms with Crippen LogP contribution < -0.4 is 15.4 Å². The Labute approximate surface area is 176 Å². The first kappa shape index (κ1) is 21.3. The van der Waals surface area contributed by atoms with Gasteiger partial charge in [0.25, 0.3) is 0 Å². The van der Waals surface area contributed by atoms with Gasteiger partial charge in [-0.2, -0.15) is 0 Å². The summed E-state index contributed by atoms with van der Waals surface area (Å²) in [5, 5.41) is 7.46. The van der Waals surface area contributed by atoms with Crippen LogP contribution in [-0.2, 0) is 24.4 Å². The molecule has 0 saturated carbocycles. The van der Waals surface area contributed by atoms with Crippen LogP contribution >= 0.6 is 23.4 Å². The highest BCUT2D eigenvalue weighted by molar-refractivity contribution is 8.01. The van der Waals surface area contributed by atoms with E-state index in [-0.39, 0.29) is 34.8 Å². The Bertz CT molecular complexity index is 1060. The number of carbonyl (C=O) groups excluding carboxylic acids is 3. The quantitative estimate of drug-likeness (QED) is 0.644. The first-order valence-corrected chi connectivity index (χ1v) is 11.3. The van der Waals surface area contributed by atoms with Gasteiger partial charge in [0, 0.05) is 17.1 Å². The minimum absolute atomic E-state index is 0.00244. The van der Waals surface area contributed by atoms with Crippen molar-refractivity contribution in [2.24, 2.45) is 5.14 Å². The van der Waals surface area contributed by atoms with Crippen molar-refractivity contribution in [3.05, 3.63) is 53.6 Å². The molecule has 0 spiro atoms. The first-order valence-electron chi connectivity index (χ1n) is 8.32. The monoisotopic (exact) mass is 453 g/mol. The SMILES string of the molecule is NS(=O)(=O)c1ccc(NC(=O)CSC2CC(=O)N(c3ccc(Cl)cc3)C2=O)cc1. The molecular weight excluding hydrogens is 438 g/mol. The molecule has 1 atom stereocenters. The zero-order valence-corrected chi connectivity index (χ0v) is 17.3. The number of primary sulfonamides is 1. The number of sulfonamides is 1. The predicted molar refractivity (Wildman–Crippen MR) is 111 cm³/mol. The summed E-state index contributed by atoms with van der Waals surface area (Å²) < 4.78 is 22.5. The first-order chi connectivity index (χ1) is 13.6. The standard InChI is InChI=1S/C18H16ClN3O5S2/c19-11-1-5-13(6-2-11)22-17(24)9-15(18(22)25)28-10-16(23)21-12-3-7-14(8-4-12)29(20,26)27/h1-8,15H,9-10H2,(H,21,23)(H2,20,26,27). The molecule has 1 aliphatic rings. The number of nitrogens with two attached hydrogens (primary N) is 1. The van der Waals surface area contributed by atoms with Crippen molar-refractivity contribution in [3.63, 3.8) is 0 Å². The number of benzene rings is 2. The van der Waals surface area contributed by atoms with Crippen LogP contribution in [0.5, 0.6) is 0 Å². The number of imide groups is 1. The number of hydrogen-bond donors (Lipinski definition) is 2. The van der Waals surface area contributed by atoms with Gasteiger partial charge >= 0.3 is 0 Å². The maximum absolute atomic E-state index is 12.6. The fraction of sp³-hybridized carbons (Fsp3) is 0.167. The Morgan fingerprint density at radius 2 is 1.76 bits per heavy atom. The van der Waals surface area contributed by atoms with Crippen LogP contribution in [0, 0.1) is 0 Å². The van der Waals surface area contributed by atoms with Crippen molar-refractivity contribution in [1.82, 2.24) is 0 Å². The molecule has 2 aromatic rings. The maximum Gasteiger partial charge on any atom is 0.247 e. The molecule has 3 amide bonds. The summed E-state index contributed by atoms with van der Waals surface area (Å²) in [5.74, 6) is -1.15. The van der Waals surface area contributed by atoms with E-state index in [1.807, 2.05) is 0 Å². The summed E-state index contributed by atoms with van der Waals surface area (Å²) in [7, 11) is -3.81. The average Bonchev–Trinajstić information content (AvgIpc) is 2.94. The van der Waals surface area contributed by atoms with Crippen LogP contribution in [0.1, 0.15) is 6.42 Å². The molecule has 29 heavy (non-hydrogen) atoms. The Kier molecular flexibility index (Phi) is 6.27. The van der Waals surface area contributed by atoms with Gasteiger partial charge in [0.15, 0.2) is 0 Å². The zero-order chi connectivity index (χ0) is 21.2. The Morgan fingerprint density at radius 3 is 2.34 bits per heavy atom. The third-order valence-corrected chi connectivity index (χ3v) is 6.45. The molecule has 2 aromatic carbocycles. The predicted octanol–water partition coefficient (Wildman–Crippen LogP) is 1.99. The number of halogens is 1. The Hall–Kier alpha value is -2.40. The van der Waals surface area contributed by atoms with Gasteiger partial charge in [-0.05, 0) is 48.5 Å². The van der Waals surface area contributed by atoms with Gasteiger partial charge in [-0.3, -0.25) is 14.4 Å². The number of carbonyl (C=O) groups is 3. The highest BCUT2D eigenvalue weighted by Gasteiger charge is 2.40. The highest BCUT2D eigenvalue weighted by atomic mass is 35.5. The molecule has 11 heteroatoms. The van der Waals surface area contributed by atoms with E-state index in [1.54, 1.807) is 24.3 Å². The largest absolute Gasteiger partial charge is 0.325 e. The number of anilines is 2. The summed E-state index contributed by atoms with van der Waals surface area (Å²) >= 11 is 6.89. The Balaban J connectivity index is 1.57. The lowest BCUT2D eigenvalue weighted by Gasteiger charge is -2.15. The summed E-state index contributed by atoms with van der Waals surface area (Å²) in [6.45, 7) is 0. The van der Waals surface area contributed by atoms with Crippen LogP contribution in [0.4, 0.5) is 11.4 Å². The molecule has 0 aromatic heterocycles. The molecule has 3 rings (SSSR count). The molecule has 1 saturated heterocycles. The summed E-state index contributed by atoms with van der Waals surface area (Å²) in [4.78, 5) is 37.9. The number of nitrogens with one attached hydrogen (secondary N) is 1. The molecule has 152 valence electrons. The van der Waals surface area contributed by atoms with E-state index in [0.717, 1.165) is 16.7 Å². The van der Waals surface area contributed by atoms with Crippen molar-refractivity contribution >= 4 is 62.5 Å². The van der Waals surface area contributed by atoms with Crippen LogP contribution in [0.3, 0.4) is 0 Å². The topological polar surface area (TPSA) is 127 Å². The fourth-order valence-corrected chi connectivity index (χ4v) is 4.27. The van der Waals surface area contributed by atoms with E-state index in [2.05, 4.69) is 5.32 Å². The lowest BCUT2D eigenvalue weighted by Crippen LogP contribution is -2.31. The van der Waals surface area contributed by atoms with Crippen LogP contribution in [0.25, 0.3) is 0 Å². The minimum atomic E-state index is -3.81. The number of rotatable bonds is 6. The van der Waals surface area contributed by atoms with E-state index < -0.39 is 15.3 Å². The van der Waals surface area contributed by atoms with Gasteiger partial charge < -0.3 is 5.32 Å². The van der Waals surface area contributed by atoms with E-state index in [0.29, 0.717) is 16.4 Å². The highest BCUT2D eigenvalue weighted by Crippen LogP contribution is 2.30. The van der Waals surface area contributed by atoms with Crippen LogP contribution in [0.2, 0.25) is 5.02 Å². The summed E-state index contributed by atoms with van der Waals surface area (Å²) in [6, 6.07) is 11.7. The number of amides is 3. The number of nitrogens with zero attached hydrogens (tertiary/aromatic N) is 1. The van der Waals surface area contributed by atoms with Crippen molar-refractivity contribution < 1.29 is 22.8 Å². The molecule has 1 fully saturated rings. The smallest absolute Gasteiger partial charge is 0.247 e. The van der Waals surface area contributed by atoms with E-state index in [4.69, 9.17) is 16.7 Å². The third kappa shape index (κ3) is 5.15. The second kappa shape index (κ2) is 8.54. The van der Waals surface area contributed by atoms with Crippen molar-refractivity contribution in [2.45, 2.75) is 16.6 Å². The van der Waals surface area contributed by atoms with Gasteiger partial charge in [0.1, 0.15) is 0 Å². The van der Waals surface area contributed by atoms with Gasteiger partial charge in [-0.25, -0.2) is 18.5 Å². The third-order valence-electron chi connectivity index (χ3n) is 4.07.